The smallest absolute Gasteiger partial charge is 0.341 e. The van der Waals surface area contributed by atoms with Crippen LogP contribution in [0.4, 0.5) is 10.1 Å². The highest BCUT2D eigenvalue weighted by Gasteiger charge is 2.17. The molecule has 0 bridgehead atoms. The van der Waals surface area contributed by atoms with Crippen LogP contribution < -0.4 is 4.74 Å². The summed E-state index contributed by atoms with van der Waals surface area (Å²) in [4.78, 5) is 24.6. The maximum atomic E-state index is 13.7. The number of hydrogen-bond acceptors (Lipinski definition) is 5. The number of carboxylic acids is 1. The Hall–Kier alpha value is -2.55. The van der Waals surface area contributed by atoms with Gasteiger partial charge < -0.3 is 9.84 Å². The lowest BCUT2D eigenvalue weighted by atomic mass is 10.2. The molecule has 0 aliphatic heterocycles. The van der Waals surface area contributed by atoms with Crippen molar-refractivity contribution < 1.29 is 24.0 Å². The average Bonchev–Trinajstić information content (AvgIpc) is 2.42. The molecule has 1 heterocycles. The van der Waals surface area contributed by atoms with E-state index in [0.29, 0.717) is 10.5 Å². The van der Waals surface area contributed by atoms with E-state index in [4.69, 9.17) is 9.84 Å². The first-order chi connectivity index (χ1) is 9.88. The lowest BCUT2D eigenvalue weighted by Crippen LogP contribution is -2.03. The summed E-state index contributed by atoms with van der Waals surface area (Å²) in [6.07, 6.45) is 1.28. The zero-order valence-electron chi connectivity index (χ0n) is 10.1. The molecule has 1 N–H and O–H groups in total. The quantitative estimate of drug-likeness (QED) is 0.665. The molecule has 108 valence electrons. The van der Waals surface area contributed by atoms with Gasteiger partial charge in [-0.3, -0.25) is 10.1 Å². The highest BCUT2D eigenvalue weighted by Crippen LogP contribution is 2.29. The van der Waals surface area contributed by atoms with Crippen molar-refractivity contribution in [1.29, 1.82) is 0 Å². The topological polar surface area (TPSA) is 103 Å². The third-order valence-corrected chi connectivity index (χ3v) is 2.81. The van der Waals surface area contributed by atoms with E-state index in [-0.39, 0.29) is 17.2 Å². The number of hydrogen-bond donors (Lipinski definition) is 1. The molecule has 0 atom stereocenters. The lowest BCUT2D eigenvalue weighted by Gasteiger charge is -2.08. The number of ether oxygens (including phenoxy) is 1. The van der Waals surface area contributed by atoms with Gasteiger partial charge in [0.15, 0.2) is 11.6 Å². The molecule has 9 heteroatoms. The number of benzene rings is 1. The van der Waals surface area contributed by atoms with E-state index in [1.165, 1.54) is 12.3 Å². The van der Waals surface area contributed by atoms with Crippen LogP contribution in [0, 0.1) is 15.9 Å². The second-order valence-electron chi connectivity index (χ2n) is 3.79. The number of pyridine rings is 1. The summed E-state index contributed by atoms with van der Waals surface area (Å²) in [6.45, 7) is 0. The van der Waals surface area contributed by atoms with Crippen LogP contribution in [0.25, 0.3) is 0 Å². The third-order valence-electron chi connectivity index (χ3n) is 2.38. The number of aromatic nitrogens is 1. The summed E-state index contributed by atoms with van der Waals surface area (Å²) in [5.41, 5.74) is -0.718. The van der Waals surface area contributed by atoms with E-state index in [0.717, 1.165) is 12.1 Å². The van der Waals surface area contributed by atoms with Gasteiger partial charge in [-0.2, -0.15) is 0 Å². The van der Waals surface area contributed by atoms with Crippen LogP contribution >= 0.6 is 15.9 Å². The second kappa shape index (κ2) is 5.83. The first-order valence-corrected chi connectivity index (χ1v) is 6.18. The largest absolute Gasteiger partial charge is 0.477 e. The Morgan fingerprint density at radius 2 is 2.14 bits per heavy atom. The zero-order valence-corrected chi connectivity index (χ0v) is 11.7. The van der Waals surface area contributed by atoms with Crippen LogP contribution in [0.5, 0.6) is 11.6 Å². The Balaban J connectivity index is 2.39. The molecule has 0 aliphatic carbocycles. The maximum Gasteiger partial charge on any atom is 0.341 e. The van der Waals surface area contributed by atoms with Gasteiger partial charge in [0.05, 0.1) is 11.0 Å². The molecule has 0 spiro atoms. The van der Waals surface area contributed by atoms with Crippen LogP contribution in [0.1, 0.15) is 10.4 Å². The Morgan fingerprint density at radius 1 is 1.43 bits per heavy atom. The van der Waals surface area contributed by atoms with E-state index in [2.05, 4.69) is 20.9 Å². The summed E-state index contributed by atoms with van der Waals surface area (Å²) in [5.74, 6) is -2.98. The summed E-state index contributed by atoms with van der Waals surface area (Å²) in [7, 11) is 0. The average molecular weight is 357 g/mol. The van der Waals surface area contributed by atoms with E-state index < -0.39 is 22.4 Å². The van der Waals surface area contributed by atoms with E-state index >= 15 is 0 Å². The Morgan fingerprint density at radius 3 is 2.71 bits per heavy atom. The first kappa shape index (κ1) is 14.9. The predicted molar refractivity (Wildman–Crippen MR) is 72.0 cm³/mol. The first-order valence-electron chi connectivity index (χ1n) is 5.39. The van der Waals surface area contributed by atoms with Crippen molar-refractivity contribution in [2.45, 2.75) is 0 Å². The predicted octanol–water partition coefficient (Wildman–Crippen LogP) is 3.38. The molecule has 0 amide bonds. The fraction of sp³-hybridized carbons (Fsp3) is 0. The number of aromatic carboxylic acids is 1. The summed E-state index contributed by atoms with van der Waals surface area (Å²) in [5, 5.41) is 19.5. The van der Waals surface area contributed by atoms with E-state index in [1.54, 1.807) is 0 Å². The SMILES string of the molecule is O=C(O)c1cc(Br)cnc1Oc1ccc([N+](=O)[O-])cc1F. The van der Waals surface area contributed by atoms with E-state index in [9.17, 15) is 19.3 Å². The number of carbonyl (C=O) groups is 1. The number of nitro groups is 1. The third kappa shape index (κ3) is 3.31. The van der Waals surface area contributed by atoms with Crippen molar-refractivity contribution in [3.05, 3.63) is 56.4 Å². The molecule has 0 saturated carbocycles. The van der Waals surface area contributed by atoms with Crippen molar-refractivity contribution in [3.8, 4) is 11.6 Å². The number of non-ortho nitro benzene ring substituents is 1. The Bertz CT molecular complexity index is 738. The zero-order chi connectivity index (χ0) is 15.6. The van der Waals surface area contributed by atoms with Gasteiger partial charge in [0.25, 0.3) is 5.69 Å². The number of nitro benzene ring substituents is 1. The van der Waals surface area contributed by atoms with Gasteiger partial charge in [0, 0.05) is 16.7 Å². The van der Waals surface area contributed by atoms with Gasteiger partial charge in [-0.05, 0) is 28.1 Å². The van der Waals surface area contributed by atoms with Crippen LogP contribution in [0.15, 0.2) is 34.9 Å². The van der Waals surface area contributed by atoms with Crippen LogP contribution in [-0.2, 0) is 0 Å². The summed E-state index contributed by atoms with van der Waals surface area (Å²) >= 11 is 3.06. The number of nitrogens with zero attached hydrogens (tertiary/aromatic N) is 2. The summed E-state index contributed by atoms with van der Waals surface area (Å²) < 4.78 is 19.2. The van der Waals surface area contributed by atoms with Gasteiger partial charge >= 0.3 is 5.97 Å². The van der Waals surface area contributed by atoms with Crippen molar-refractivity contribution >= 4 is 27.6 Å². The molecule has 1 aromatic heterocycles. The molecule has 1 aromatic carbocycles. The van der Waals surface area contributed by atoms with Crippen molar-refractivity contribution in [2.75, 3.05) is 0 Å². The molecule has 0 fully saturated rings. The molecule has 2 rings (SSSR count). The van der Waals surface area contributed by atoms with Crippen molar-refractivity contribution in [1.82, 2.24) is 4.98 Å². The molecule has 0 radical (unpaired) electrons. The second-order valence-corrected chi connectivity index (χ2v) is 4.70. The Kier molecular flexibility index (Phi) is 4.13. The molecule has 7 nitrogen and oxygen atoms in total. The van der Waals surface area contributed by atoms with Gasteiger partial charge in [-0.25, -0.2) is 14.2 Å². The van der Waals surface area contributed by atoms with Crippen molar-refractivity contribution in [2.24, 2.45) is 0 Å². The van der Waals surface area contributed by atoms with Crippen molar-refractivity contribution in [3.63, 3.8) is 0 Å². The monoisotopic (exact) mass is 356 g/mol. The minimum Gasteiger partial charge on any atom is -0.477 e. The van der Waals surface area contributed by atoms with Crippen LogP contribution in [0.3, 0.4) is 0 Å². The summed E-state index contributed by atoms with van der Waals surface area (Å²) in [6, 6.07) is 3.99. The molecule has 0 unspecified atom stereocenters. The molecule has 0 aliphatic rings. The molecule has 0 saturated heterocycles. The number of carboxylic acid groups (broad SMARTS) is 1. The minimum atomic E-state index is -1.30. The van der Waals surface area contributed by atoms with Gasteiger partial charge in [0.1, 0.15) is 5.56 Å². The van der Waals surface area contributed by atoms with Gasteiger partial charge in [0.2, 0.25) is 5.88 Å². The number of halogens is 2. The van der Waals surface area contributed by atoms with Gasteiger partial charge in [-0.1, -0.05) is 0 Å². The van der Waals surface area contributed by atoms with Crippen LogP contribution in [-0.4, -0.2) is 21.0 Å². The minimum absolute atomic E-state index is 0.276. The maximum absolute atomic E-state index is 13.7. The highest BCUT2D eigenvalue weighted by molar-refractivity contribution is 9.10. The normalized spacial score (nSPS) is 10.2. The molecular formula is C12H6BrFN2O5. The highest BCUT2D eigenvalue weighted by atomic mass is 79.9. The standard InChI is InChI=1S/C12H6BrFN2O5/c13-6-3-8(12(17)18)11(15-5-6)21-10-2-1-7(16(19)20)4-9(10)14/h1-5H,(H,17,18). The molecular weight excluding hydrogens is 351 g/mol. The lowest BCUT2D eigenvalue weighted by molar-refractivity contribution is -0.385. The fourth-order valence-corrected chi connectivity index (χ4v) is 1.78. The number of rotatable bonds is 4. The van der Waals surface area contributed by atoms with Gasteiger partial charge in [-0.15, -0.1) is 0 Å². The van der Waals surface area contributed by atoms with Crippen LogP contribution in [0.2, 0.25) is 0 Å². The fourth-order valence-electron chi connectivity index (χ4n) is 1.45. The molecule has 2 aromatic rings. The Labute approximate surface area is 125 Å². The van der Waals surface area contributed by atoms with E-state index in [1.807, 2.05) is 0 Å². The molecule has 21 heavy (non-hydrogen) atoms.